The fourth-order valence-corrected chi connectivity index (χ4v) is 2.01. The van der Waals surface area contributed by atoms with E-state index < -0.39 is 5.97 Å². The summed E-state index contributed by atoms with van der Waals surface area (Å²) < 4.78 is 1.46. The van der Waals surface area contributed by atoms with Gasteiger partial charge in [0.1, 0.15) is 0 Å². The normalized spacial score (nSPS) is 10.2. The van der Waals surface area contributed by atoms with Gasteiger partial charge in [-0.3, -0.25) is 4.79 Å². The van der Waals surface area contributed by atoms with Crippen LogP contribution < -0.4 is 10.4 Å². The van der Waals surface area contributed by atoms with Crippen LogP contribution in [0.1, 0.15) is 10.4 Å². The van der Waals surface area contributed by atoms with Crippen LogP contribution in [0.3, 0.4) is 0 Å². The van der Waals surface area contributed by atoms with E-state index in [1.54, 1.807) is 7.05 Å². The molecule has 0 bridgehead atoms. The van der Waals surface area contributed by atoms with Gasteiger partial charge in [-0.15, -0.1) is 5.10 Å². The van der Waals surface area contributed by atoms with Crippen molar-refractivity contribution < 1.29 is 14.7 Å². The number of carboxylic acids is 1. The van der Waals surface area contributed by atoms with E-state index in [0.29, 0.717) is 10.8 Å². The van der Waals surface area contributed by atoms with Crippen molar-refractivity contribution in [3.63, 3.8) is 0 Å². The van der Waals surface area contributed by atoms with E-state index in [2.05, 4.69) is 20.8 Å². The molecule has 1 N–H and O–H groups in total. The van der Waals surface area contributed by atoms with Crippen LogP contribution in [0.5, 0.6) is 0 Å². The minimum absolute atomic E-state index is 0.0579. The lowest BCUT2D eigenvalue weighted by molar-refractivity contribution is -0.255. The van der Waals surface area contributed by atoms with Crippen molar-refractivity contribution >= 4 is 29.3 Å². The number of nitrogens with one attached hydrogen (secondary N) is 1. The van der Waals surface area contributed by atoms with Gasteiger partial charge in [0.05, 0.1) is 11.7 Å². The van der Waals surface area contributed by atoms with Crippen LogP contribution >= 0.6 is 11.8 Å². The number of thioether (sulfide) groups is 1. The third-order valence-corrected chi connectivity index (χ3v) is 3.33. The number of aryl methyl sites for hydroxylation is 1. The van der Waals surface area contributed by atoms with Crippen molar-refractivity contribution in [2.75, 3.05) is 11.1 Å². The van der Waals surface area contributed by atoms with E-state index in [-0.39, 0.29) is 17.2 Å². The van der Waals surface area contributed by atoms with Crippen LogP contribution in [0.2, 0.25) is 0 Å². The third-order valence-electron chi connectivity index (χ3n) is 2.32. The van der Waals surface area contributed by atoms with Crippen molar-refractivity contribution in [1.29, 1.82) is 0 Å². The molecule has 0 aliphatic heterocycles. The first-order valence-electron chi connectivity index (χ1n) is 5.52. The second kappa shape index (κ2) is 6.15. The molecule has 0 saturated heterocycles. The molecule has 1 heterocycles. The van der Waals surface area contributed by atoms with Gasteiger partial charge in [-0.2, -0.15) is 0 Å². The Hall–Kier alpha value is -2.42. The Morgan fingerprint density at radius 1 is 1.35 bits per heavy atom. The van der Waals surface area contributed by atoms with Crippen LogP contribution in [0.4, 0.5) is 5.69 Å². The number of rotatable bonds is 5. The molecule has 0 atom stereocenters. The summed E-state index contributed by atoms with van der Waals surface area (Å²) in [5.41, 5.74) is 0.569. The zero-order chi connectivity index (χ0) is 14.5. The van der Waals surface area contributed by atoms with Crippen molar-refractivity contribution in [3.05, 3.63) is 29.8 Å². The predicted molar refractivity (Wildman–Crippen MR) is 68.9 cm³/mol. The average Bonchev–Trinajstić information content (AvgIpc) is 2.82. The summed E-state index contributed by atoms with van der Waals surface area (Å²) in [5.74, 6) is -1.34. The highest BCUT2D eigenvalue weighted by molar-refractivity contribution is 7.99. The van der Waals surface area contributed by atoms with Gasteiger partial charge in [0.15, 0.2) is 0 Å². The van der Waals surface area contributed by atoms with Crippen molar-refractivity contribution in [2.24, 2.45) is 7.05 Å². The maximum atomic E-state index is 11.7. The first kappa shape index (κ1) is 14.0. The van der Waals surface area contributed by atoms with Gasteiger partial charge < -0.3 is 15.2 Å². The molecule has 0 aliphatic carbocycles. The fraction of sp³-hybridized carbons (Fsp3) is 0.182. The molecule has 20 heavy (non-hydrogen) atoms. The Labute approximate surface area is 118 Å². The molecule has 0 unspecified atom stereocenters. The summed E-state index contributed by atoms with van der Waals surface area (Å²) in [6, 6.07) is 5.73. The molecule has 0 fully saturated rings. The van der Waals surface area contributed by atoms with Gasteiger partial charge in [-0.05, 0) is 28.1 Å². The molecule has 104 valence electrons. The summed E-state index contributed by atoms with van der Waals surface area (Å²) >= 11 is 1.20. The summed E-state index contributed by atoms with van der Waals surface area (Å²) in [5, 5.41) is 24.6. The van der Waals surface area contributed by atoms with Crippen LogP contribution in [0, 0.1) is 0 Å². The molecule has 1 aromatic heterocycles. The van der Waals surface area contributed by atoms with Gasteiger partial charge in [-0.1, -0.05) is 23.9 Å². The van der Waals surface area contributed by atoms with E-state index in [1.165, 1.54) is 40.7 Å². The zero-order valence-corrected chi connectivity index (χ0v) is 11.3. The Bertz CT molecular complexity index is 625. The minimum atomic E-state index is -1.26. The van der Waals surface area contributed by atoms with Crippen LogP contribution in [0.25, 0.3) is 0 Å². The SMILES string of the molecule is Cn1nnnc1SCC(=O)Nc1ccc(C(=O)[O-])cc1. The quantitative estimate of drug-likeness (QED) is 0.725. The van der Waals surface area contributed by atoms with E-state index in [1.807, 2.05) is 0 Å². The van der Waals surface area contributed by atoms with E-state index in [4.69, 9.17) is 0 Å². The lowest BCUT2D eigenvalue weighted by Crippen LogP contribution is -2.22. The number of carbonyl (C=O) groups is 2. The zero-order valence-electron chi connectivity index (χ0n) is 10.4. The van der Waals surface area contributed by atoms with E-state index in [0.717, 1.165) is 0 Å². The molecular weight excluding hydrogens is 282 g/mol. The lowest BCUT2D eigenvalue weighted by Gasteiger charge is -2.06. The predicted octanol–water partition coefficient (Wildman–Crippen LogP) is -0.696. The molecule has 0 spiro atoms. The monoisotopic (exact) mass is 292 g/mol. The highest BCUT2D eigenvalue weighted by Crippen LogP contribution is 2.14. The number of aromatic carboxylic acids is 1. The van der Waals surface area contributed by atoms with Crippen molar-refractivity contribution in [3.8, 4) is 0 Å². The van der Waals surface area contributed by atoms with E-state index >= 15 is 0 Å². The molecule has 0 radical (unpaired) electrons. The third kappa shape index (κ3) is 3.54. The molecule has 2 rings (SSSR count). The number of aromatic nitrogens is 4. The van der Waals surface area contributed by atoms with Gasteiger partial charge in [0.2, 0.25) is 11.1 Å². The molecule has 1 amide bonds. The second-order valence-corrected chi connectivity index (χ2v) is 4.73. The smallest absolute Gasteiger partial charge is 0.234 e. The summed E-state index contributed by atoms with van der Waals surface area (Å²) in [6.07, 6.45) is 0. The number of hydrogen-bond donors (Lipinski definition) is 1. The number of tetrazole rings is 1. The Balaban J connectivity index is 1.88. The first-order valence-corrected chi connectivity index (χ1v) is 6.51. The topological polar surface area (TPSA) is 113 Å². The summed E-state index contributed by atoms with van der Waals surface area (Å²) in [4.78, 5) is 22.3. The molecule has 0 aliphatic rings. The minimum Gasteiger partial charge on any atom is -0.545 e. The lowest BCUT2D eigenvalue weighted by atomic mass is 10.2. The van der Waals surface area contributed by atoms with Crippen LogP contribution in [0.15, 0.2) is 29.4 Å². The first-order chi connectivity index (χ1) is 9.56. The Morgan fingerprint density at radius 2 is 2.05 bits per heavy atom. The van der Waals surface area contributed by atoms with Gasteiger partial charge in [0, 0.05) is 12.7 Å². The van der Waals surface area contributed by atoms with Crippen LogP contribution in [-0.4, -0.2) is 37.8 Å². The van der Waals surface area contributed by atoms with Gasteiger partial charge in [0.25, 0.3) is 0 Å². The Morgan fingerprint density at radius 3 is 2.60 bits per heavy atom. The molecular formula is C11H10N5O3S-. The van der Waals surface area contributed by atoms with Crippen molar-refractivity contribution in [1.82, 2.24) is 20.2 Å². The molecule has 2 aromatic rings. The Kier molecular flexibility index (Phi) is 4.31. The maximum absolute atomic E-state index is 11.7. The summed E-state index contributed by atoms with van der Waals surface area (Å²) in [6.45, 7) is 0. The average molecular weight is 292 g/mol. The number of hydrogen-bond acceptors (Lipinski definition) is 7. The number of nitrogens with zero attached hydrogens (tertiary/aromatic N) is 4. The largest absolute Gasteiger partial charge is 0.545 e. The highest BCUT2D eigenvalue weighted by atomic mass is 32.2. The highest BCUT2D eigenvalue weighted by Gasteiger charge is 2.08. The maximum Gasteiger partial charge on any atom is 0.234 e. The molecule has 0 saturated carbocycles. The van der Waals surface area contributed by atoms with E-state index in [9.17, 15) is 14.7 Å². The fourth-order valence-electron chi connectivity index (χ4n) is 1.36. The second-order valence-electron chi connectivity index (χ2n) is 3.79. The molecule has 1 aromatic carbocycles. The number of anilines is 1. The summed E-state index contributed by atoms with van der Waals surface area (Å²) in [7, 11) is 1.68. The van der Waals surface area contributed by atoms with Gasteiger partial charge >= 0.3 is 0 Å². The number of amides is 1. The molecule has 8 nitrogen and oxygen atoms in total. The van der Waals surface area contributed by atoms with Crippen LogP contribution in [-0.2, 0) is 11.8 Å². The molecule has 9 heteroatoms. The number of carbonyl (C=O) groups excluding carboxylic acids is 2. The number of benzene rings is 1. The van der Waals surface area contributed by atoms with Crippen molar-refractivity contribution in [2.45, 2.75) is 5.16 Å². The number of carboxylic acid groups (broad SMARTS) is 1. The standard InChI is InChI=1S/C11H11N5O3S/c1-16-11(13-14-15-16)20-6-9(17)12-8-4-2-7(3-5-8)10(18)19/h2-5H,6H2,1H3,(H,12,17)(H,18,19)/p-1. The van der Waals surface area contributed by atoms with Gasteiger partial charge in [-0.25, -0.2) is 4.68 Å².